The van der Waals surface area contributed by atoms with Crippen LogP contribution in [-0.2, 0) is 9.53 Å². The van der Waals surface area contributed by atoms with Gasteiger partial charge in [-0.15, -0.1) is 0 Å². The number of ether oxygens (including phenoxy) is 5. The predicted octanol–water partition coefficient (Wildman–Crippen LogP) is 4.05. The Kier molecular flexibility index (Phi) is 6.51. The van der Waals surface area contributed by atoms with Crippen LogP contribution in [0.4, 0.5) is 8.78 Å². The first-order valence-corrected chi connectivity index (χ1v) is 8.91. The zero-order valence-corrected chi connectivity index (χ0v) is 16.5. The summed E-state index contributed by atoms with van der Waals surface area (Å²) in [7, 11) is 3.01. The molecule has 2 aromatic carbocycles. The third-order valence-electron chi connectivity index (χ3n) is 4.01. The van der Waals surface area contributed by atoms with Gasteiger partial charge in [-0.05, 0) is 42.8 Å². The third-order valence-corrected chi connectivity index (χ3v) is 4.01. The molecular formula is C21H19F2NO6. The van der Waals surface area contributed by atoms with Gasteiger partial charge in [-0.2, -0.15) is 8.78 Å². The topological polar surface area (TPSA) is 75.6 Å². The van der Waals surface area contributed by atoms with Gasteiger partial charge in [0.15, 0.2) is 17.2 Å². The van der Waals surface area contributed by atoms with E-state index in [0.717, 1.165) is 0 Å². The molecule has 3 rings (SSSR count). The maximum absolute atomic E-state index is 12.5. The number of carbonyl (C=O) groups is 1. The average molecular weight is 419 g/mol. The number of esters is 1. The van der Waals surface area contributed by atoms with E-state index >= 15 is 0 Å². The van der Waals surface area contributed by atoms with Crippen molar-refractivity contribution in [3.63, 3.8) is 0 Å². The van der Waals surface area contributed by atoms with Gasteiger partial charge in [-0.1, -0.05) is 6.07 Å². The highest BCUT2D eigenvalue weighted by atomic mass is 19.3. The summed E-state index contributed by atoms with van der Waals surface area (Å²) in [4.78, 5) is 16.5. The normalized spacial score (nSPS) is 14.5. The molecule has 0 atom stereocenters. The summed E-state index contributed by atoms with van der Waals surface area (Å²) in [5, 5.41) is 0. The lowest BCUT2D eigenvalue weighted by molar-refractivity contribution is -0.129. The number of carbonyl (C=O) groups excluding carboxylic acids is 1. The van der Waals surface area contributed by atoms with Gasteiger partial charge < -0.3 is 23.7 Å². The van der Waals surface area contributed by atoms with Crippen molar-refractivity contribution >= 4 is 17.9 Å². The molecule has 0 unspecified atom stereocenters. The lowest BCUT2D eigenvalue weighted by Gasteiger charge is -2.11. The minimum absolute atomic E-state index is 0.0387. The van der Waals surface area contributed by atoms with E-state index in [1.165, 1.54) is 38.5 Å². The summed E-state index contributed by atoms with van der Waals surface area (Å²) in [6.45, 7) is -1.02. The molecule has 0 spiro atoms. The Bertz CT molecular complexity index is 981. The van der Waals surface area contributed by atoms with Crippen LogP contribution in [0.1, 0.15) is 18.1 Å². The predicted molar refractivity (Wildman–Crippen MR) is 104 cm³/mol. The summed E-state index contributed by atoms with van der Waals surface area (Å²) >= 11 is 0. The fourth-order valence-electron chi connectivity index (χ4n) is 2.70. The van der Waals surface area contributed by atoms with Crippen molar-refractivity contribution in [2.24, 2.45) is 4.99 Å². The number of cyclic esters (lactones) is 1. The molecule has 0 radical (unpaired) electrons. The molecule has 1 aliphatic heterocycles. The largest absolute Gasteiger partial charge is 0.497 e. The van der Waals surface area contributed by atoms with Crippen LogP contribution >= 0.6 is 0 Å². The summed E-state index contributed by atoms with van der Waals surface area (Å²) in [5.41, 5.74) is 1.04. The van der Waals surface area contributed by atoms with Gasteiger partial charge in [0.2, 0.25) is 5.90 Å². The standard InChI is InChI=1S/C21H19F2NO6/c1-4-28-18-8-12(5-6-17(18)29-21(22)23)7-16-20(25)30-19(24-16)13-9-14(26-2)11-15(10-13)27-3/h5-11,21H,4H2,1-3H3/b16-7-. The van der Waals surface area contributed by atoms with Crippen LogP contribution in [0.5, 0.6) is 23.0 Å². The zero-order valence-electron chi connectivity index (χ0n) is 16.5. The minimum Gasteiger partial charge on any atom is -0.497 e. The summed E-state index contributed by atoms with van der Waals surface area (Å²) < 4.78 is 50.6. The number of halogens is 2. The van der Waals surface area contributed by atoms with Crippen LogP contribution < -0.4 is 18.9 Å². The SMILES string of the molecule is CCOc1cc(/C=C2\N=C(c3cc(OC)cc(OC)c3)OC2=O)ccc1OC(F)F. The summed E-state index contributed by atoms with van der Waals surface area (Å²) in [6, 6.07) is 9.30. The number of hydrogen-bond donors (Lipinski definition) is 0. The first-order valence-electron chi connectivity index (χ1n) is 8.91. The van der Waals surface area contributed by atoms with Crippen LogP contribution in [0.2, 0.25) is 0 Å². The van der Waals surface area contributed by atoms with Crippen LogP contribution in [0.25, 0.3) is 6.08 Å². The lowest BCUT2D eigenvalue weighted by atomic mass is 10.1. The molecule has 0 bridgehead atoms. The van der Waals surface area contributed by atoms with Crippen molar-refractivity contribution in [3.05, 3.63) is 53.2 Å². The molecule has 1 aliphatic rings. The molecule has 7 nitrogen and oxygen atoms in total. The number of aliphatic imine (C=N–C) groups is 1. The molecule has 0 aromatic heterocycles. The van der Waals surface area contributed by atoms with E-state index in [4.69, 9.17) is 18.9 Å². The summed E-state index contributed by atoms with van der Waals surface area (Å²) in [5.74, 6) is 0.479. The molecule has 30 heavy (non-hydrogen) atoms. The highest BCUT2D eigenvalue weighted by molar-refractivity contribution is 6.13. The Morgan fingerprint density at radius 3 is 2.37 bits per heavy atom. The fourth-order valence-corrected chi connectivity index (χ4v) is 2.70. The molecule has 1 heterocycles. The van der Waals surface area contributed by atoms with Gasteiger partial charge in [-0.3, -0.25) is 0 Å². The van der Waals surface area contributed by atoms with Crippen LogP contribution in [-0.4, -0.2) is 39.3 Å². The van der Waals surface area contributed by atoms with E-state index in [2.05, 4.69) is 9.73 Å². The molecule has 158 valence electrons. The Morgan fingerprint density at radius 2 is 1.77 bits per heavy atom. The van der Waals surface area contributed by atoms with E-state index in [-0.39, 0.29) is 29.7 Å². The third kappa shape index (κ3) is 4.86. The van der Waals surface area contributed by atoms with Gasteiger partial charge in [-0.25, -0.2) is 9.79 Å². The number of benzene rings is 2. The Morgan fingerprint density at radius 1 is 1.07 bits per heavy atom. The number of methoxy groups -OCH3 is 2. The number of nitrogens with zero attached hydrogens (tertiary/aromatic N) is 1. The second kappa shape index (κ2) is 9.25. The van der Waals surface area contributed by atoms with Crippen molar-refractivity contribution in [2.75, 3.05) is 20.8 Å². The van der Waals surface area contributed by atoms with E-state index in [9.17, 15) is 13.6 Å². The van der Waals surface area contributed by atoms with E-state index in [1.807, 2.05) is 0 Å². The zero-order chi connectivity index (χ0) is 21.7. The van der Waals surface area contributed by atoms with Crippen molar-refractivity contribution < 1.29 is 37.3 Å². The minimum atomic E-state index is -2.98. The molecule has 9 heteroatoms. The van der Waals surface area contributed by atoms with E-state index < -0.39 is 12.6 Å². The molecule has 0 saturated carbocycles. The number of rotatable bonds is 8. The highest BCUT2D eigenvalue weighted by Crippen LogP contribution is 2.32. The molecule has 0 saturated heterocycles. The molecule has 0 amide bonds. The second-order valence-corrected chi connectivity index (χ2v) is 5.96. The Balaban J connectivity index is 1.93. The lowest BCUT2D eigenvalue weighted by Crippen LogP contribution is -2.06. The Labute approximate surface area is 171 Å². The number of alkyl halides is 2. The van der Waals surface area contributed by atoms with Crippen molar-refractivity contribution in [1.82, 2.24) is 0 Å². The highest BCUT2D eigenvalue weighted by Gasteiger charge is 2.25. The quantitative estimate of drug-likeness (QED) is 0.475. The molecule has 0 N–H and O–H groups in total. The Hall–Kier alpha value is -3.62. The molecular weight excluding hydrogens is 400 g/mol. The number of hydrogen-bond acceptors (Lipinski definition) is 7. The van der Waals surface area contributed by atoms with Gasteiger partial charge in [0.25, 0.3) is 0 Å². The summed E-state index contributed by atoms with van der Waals surface area (Å²) in [6.07, 6.45) is 1.46. The van der Waals surface area contributed by atoms with Gasteiger partial charge in [0, 0.05) is 11.6 Å². The maximum atomic E-state index is 12.5. The van der Waals surface area contributed by atoms with Gasteiger partial charge in [0.1, 0.15) is 11.5 Å². The fraction of sp³-hybridized carbons (Fsp3) is 0.238. The van der Waals surface area contributed by atoms with Crippen LogP contribution in [0.3, 0.4) is 0 Å². The van der Waals surface area contributed by atoms with E-state index in [1.54, 1.807) is 25.1 Å². The smallest absolute Gasteiger partial charge is 0.387 e. The van der Waals surface area contributed by atoms with Crippen LogP contribution in [0, 0.1) is 0 Å². The van der Waals surface area contributed by atoms with Crippen molar-refractivity contribution in [1.29, 1.82) is 0 Å². The molecule has 2 aromatic rings. The maximum Gasteiger partial charge on any atom is 0.387 e. The van der Waals surface area contributed by atoms with Gasteiger partial charge in [0.05, 0.1) is 20.8 Å². The second-order valence-electron chi connectivity index (χ2n) is 5.96. The monoisotopic (exact) mass is 419 g/mol. The van der Waals surface area contributed by atoms with Crippen LogP contribution in [0.15, 0.2) is 47.1 Å². The first kappa shape index (κ1) is 21.1. The van der Waals surface area contributed by atoms with Gasteiger partial charge >= 0.3 is 12.6 Å². The van der Waals surface area contributed by atoms with Crippen molar-refractivity contribution in [3.8, 4) is 23.0 Å². The average Bonchev–Trinajstić information content (AvgIpc) is 3.09. The van der Waals surface area contributed by atoms with Crippen molar-refractivity contribution in [2.45, 2.75) is 13.5 Å². The van der Waals surface area contributed by atoms with E-state index in [0.29, 0.717) is 22.6 Å². The molecule has 0 aliphatic carbocycles. The first-order chi connectivity index (χ1) is 14.4. The molecule has 0 fully saturated rings.